The molecule has 0 saturated heterocycles. The van der Waals surface area contributed by atoms with Gasteiger partial charge in [-0.25, -0.2) is 9.78 Å². The third-order valence-electron chi connectivity index (χ3n) is 3.16. The number of hydrogen-bond acceptors (Lipinski definition) is 6. The van der Waals surface area contributed by atoms with E-state index in [2.05, 4.69) is 10.3 Å². The number of rotatable bonds is 10. The first-order valence-corrected chi connectivity index (χ1v) is 8.77. The molecule has 0 aliphatic carbocycles. The molecule has 134 valence electrons. The van der Waals surface area contributed by atoms with Crippen LogP contribution in [0.25, 0.3) is 0 Å². The van der Waals surface area contributed by atoms with Gasteiger partial charge >= 0.3 is 5.97 Å². The number of nitrogens with zero attached hydrogens (tertiary/aromatic N) is 1. The molecule has 0 aliphatic rings. The van der Waals surface area contributed by atoms with Gasteiger partial charge in [-0.15, -0.1) is 11.3 Å². The van der Waals surface area contributed by atoms with E-state index in [1.54, 1.807) is 0 Å². The van der Waals surface area contributed by atoms with Crippen LogP contribution in [0.3, 0.4) is 0 Å². The van der Waals surface area contributed by atoms with Crippen LogP contribution in [0.15, 0.2) is 29.6 Å². The van der Waals surface area contributed by atoms with Crippen LogP contribution in [0.5, 0.6) is 11.5 Å². The highest BCUT2D eigenvalue weighted by molar-refractivity contribution is 7.09. The van der Waals surface area contributed by atoms with Crippen molar-refractivity contribution in [3.63, 3.8) is 0 Å². The molecule has 7 nitrogen and oxygen atoms in total. The van der Waals surface area contributed by atoms with Gasteiger partial charge in [0.2, 0.25) is 5.91 Å². The SMILES string of the molecule is CCOc1ccccc1OCCCC(=O)NCc1nc(C(=O)O)cs1. The highest BCUT2D eigenvalue weighted by Crippen LogP contribution is 2.26. The number of aromatic carboxylic acids is 1. The number of carboxylic acids is 1. The van der Waals surface area contributed by atoms with Crippen LogP contribution in [-0.2, 0) is 11.3 Å². The summed E-state index contributed by atoms with van der Waals surface area (Å²) in [5, 5.41) is 13.5. The van der Waals surface area contributed by atoms with Gasteiger partial charge in [-0.2, -0.15) is 0 Å². The van der Waals surface area contributed by atoms with Crippen molar-refractivity contribution in [1.82, 2.24) is 10.3 Å². The van der Waals surface area contributed by atoms with Crippen LogP contribution in [0.1, 0.15) is 35.3 Å². The predicted octanol–water partition coefficient (Wildman–Crippen LogP) is 2.72. The zero-order valence-corrected chi connectivity index (χ0v) is 14.7. The Morgan fingerprint density at radius 2 is 1.96 bits per heavy atom. The minimum atomic E-state index is -1.07. The highest BCUT2D eigenvalue weighted by Gasteiger charge is 2.10. The number of nitrogens with one attached hydrogen (secondary N) is 1. The van der Waals surface area contributed by atoms with E-state index in [9.17, 15) is 9.59 Å². The van der Waals surface area contributed by atoms with Gasteiger partial charge in [0.15, 0.2) is 17.2 Å². The second kappa shape index (κ2) is 9.63. The lowest BCUT2D eigenvalue weighted by Crippen LogP contribution is -2.23. The van der Waals surface area contributed by atoms with Crippen molar-refractivity contribution in [2.75, 3.05) is 13.2 Å². The number of para-hydroxylation sites is 2. The first-order valence-electron chi connectivity index (χ1n) is 7.89. The van der Waals surface area contributed by atoms with E-state index in [0.29, 0.717) is 42.6 Å². The van der Waals surface area contributed by atoms with Crippen LogP contribution < -0.4 is 14.8 Å². The largest absolute Gasteiger partial charge is 0.490 e. The molecule has 0 spiro atoms. The number of carbonyl (C=O) groups is 2. The first kappa shape index (κ1) is 18.7. The Morgan fingerprint density at radius 3 is 2.60 bits per heavy atom. The smallest absolute Gasteiger partial charge is 0.355 e. The Morgan fingerprint density at radius 1 is 1.24 bits per heavy atom. The molecule has 2 aromatic rings. The average Bonchev–Trinajstić information content (AvgIpc) is 3.08. The number of amides is 1. The lowest BCUT2D eigenvalue weighted by Gasteiger charge is -2.11. The van der Waals surface area contributed by atoms with Gasteiger partial charge in [0, 0.05) is 11.8 Å². The van der Waals surface area contributed by atoms with Crippen molar-refractivity contribution >= 4 is 23.2 Å². The summed E-state index contributed by atoms with van der Waals surface area (Å²) in [6.07, 6.45) is 0.874. The molecular formula is C17H20N2O5S. The molecule has 8 heteroatoms. The average molecular weight is 364 g/mol. The predicted molar refractivity (Wildman–Crippen MR) is 93.3 cm³/mol. The van der Waals surface area contributed by atoms with Gasteiger partial charge in [0.25, 0.3) is 0 Å². The van der Waals surface area contributed by atoms with Gasteiger partial charge in [-0.3, -0.25) is 4.79 Å². The van der Waals surface area contributed by atoms with E-state index in [4.69, 9.17) is 14.6 Å². The second-order valence-electron chi connectivity index (χ2n) is 5.04. The van der Waals surface area contributed by atoms with E-state index in [1.807, 2.05) is 31.2 Å². The molecule has 0 radical (unpaired) electrons. The molecule has 0 unspecified atom stereocenters. The monoisotopic (exact) mass is 364 g/mol. The van der Waals surface area contributed by atoms with Crippen molar-refractivity contribution in [3.05, 3.63) is 40.3 Å². The van der Waals surface area contributed by atoms with Crippen molar-refractivity contribution in [2.45, 2.75) is 26.3 Å². The van der Waals surface area contributed by atoms with Crippen molar-refractivity contribution in [3.8, 4) is 11.5 Å². The summed E-state index contributed by atoms with van der Waals surface area (Å²) in [5.74, 6) is 0.147. The van der Waals surface area contributed by atoms with E-state index < -0.39 is 5.97 Å². The molecule has 1 amide bonds. The molecule has 0 bridgehead atoms. The Kier molecular flexibility index (Phi) is 7.21. The Hall–Kier alpha value is -2.61. The molecule has 1 heterocycles. The minimum Gasteiger partial charge on any atom is -0.490 e. The second-order valence-corrected chi connectivity index (χ2v) is 5.98. The van der Waals surface area contributed by atoms with Crippen LogP contribution >= 0.6 is 11.3 Å². The van der Waals surface area contributed by atoms with Crippen molar-refractivity contribution in [1.29, 1.82) is 0 Å². The molecular weight excluding hydrogens is 344 g/mol. The van der Waals surface area contributed by atoms with E-state index >= 15 is 0 Å². The minimum absolute atomic E-state index is 0.00406. The maximum absolute atomic E-state index is 11.8. The summed E-state index contributed by atoms with van der Waals surface area (Å²) in [6.45, 7) is 3.09. The molecule has 1 aromatic heterocycles. The maximum Gasteiger partial charge on any atom is 0.355 e. The van der Waals surface area contributed by atoms with Gasteiger partial charge in [-0.05, 0) is 25.5 Å². The van der Waals surface area contributed by atoms with Crippen LogP contribution in [-0.4, -0.2) is 35.2 Å². The van der Waals surface area contributed by atoms with Crippen LogP contribution in [0.4, 0.5) is 0 Å². The van der Waals surface area contributed by atoms with Gasteiger partial charge < -0.3 is 19.9 Å². The third-order valence-corrected chi connectivity index (χ3v) is 4.01. The number of thiazole rings is 1. The van der Waals surface area contributed by atoms with E-state index in [1.165, 1.54) is 16.7 Å². The molecule has 0 atom stereocenters. The molecule has 1 aromatic carbocycles. The number of hydrogen-bond donors (Lipinski definition) is 2. The van der Waals surface area contributed by atoms with Crippen LogP contribution in [0.2, 0.25) is 0 Å². The fraction of sp³-hybridized carbons (Fsp3) is 0.353. The number of carboxylic acid groups (broad SMARTS) is 1. The zero-order valence-electron chi connectivity index (χ0n) is 13.9. The molecule has 2 rings (SSSR count). The number of aromatic nitrogens is 1. The Balaban J connectivity index is 1.67. The molecule has 0 saturated carbocycles. The molecule has 25 heavy (non-hydrogen) atoms. The Labute approximate surface area is 149 Å². The summed E-state index contributed by atoms with van der Waals surface area (Å²) in [5.41, 5.74) is -0.00406. The molecule has 0 aliphatic heterocycles. The molecule has 2 N–H and O–H groups in total. The zero-order chi connectivity index (χ0) is 18.1. The number of carbonyl (C=O) groups excluding carboxylic acids is 1. The topological polar surface area (TPSA) is 97.8 Å². The Bertz CT molecular complexity index is 717. The van der Waals surface area contributed by atoms with Crippen molar-refractivity contribution in [2.24, 2.45) is 0 Å². The maximum atomic E-state index is 11.8. The van der Waals surface area contributed by atoms with Gasteiger partial charge in [-0.1, -0.05) is 12.1 Å². The fourth-order valence-electron chi connectivity index (χ4n) is 2.01. The highest BCUT2D eigenvalue weighted by atomic mass is 32.1. The summed E-state index contributed by atoms with van der Waals surface area (Å²) in [4.78, 5) is 26.5. The first-order chi connectivity index (χ1) is 12.1. The number of benzene rings is 1. The van der Waals surface area contributed by atoms with Crippen LogP contribution in [0, 0.1) is 0 Å². The third kappa shape index (κ3) is 6.07. The quantitative estimate of drug-likeness (QED) is 0.629. The summed E-state index contributed by atoms with van der Waals surface area (Å²) in [7, 11) is 0. The summed E-state index contributed by atoms with van der Waals surface area (Å²) in [6, 6.07) is 7.40. The fourth-order valence-corrected chi connectivity index (χ4v) is 2.72. The lowest BCUT2D eigenvalue weighted by molar-refractivity contribution is -0.121. The normalized spacial score (nSPS) is 10.3. The lowest BCUT2D eigenvalue weighted by atomic mass is 10.3. The molecule has 0 fully saturated rings. The van der Waals surface area contributed by atoms with E-state index in [-0.39, 0.29) is 18.1 Å². The van der Waals surface area contributed by atoms with Crippen molar-refractivity contribution < 1.29 is 24.2 Å². The standard InChI is InChI=1S/C17H20N2O5S/c1-2-23-13-6-3-4-7-14(13)24-9-5-8-15(20)18-10-16-19-12(11-25-16)17(21)22/h3-4,6-7,11H,2,5,8-10H2,1H3,(H,18,20)(H,21,22). The summed E-state index contributed by atoms with van der Waals surface area (Å²) < 4.78 is 11.1. The van der Waals surface area contributed by atoms with Gasteiger partial charge in [0.05, 0.1) is 19.8 Å². The summed E-state index contributed by atoms with van der Waals surface area (Å²) >= 11 is 1.21. The van der Waals surface area contributed by atoms with E-state index in [0.717, 1.165) is 0 Å². The number of ether oxygens (including phenoxy) is 2. The van der Waals surface area contributed by atoms with Gasteiger partial charge in [0.1, 0.15) is 5.01 Å².